The van der Waals surface area contributed by atoms with Crippen LogP contribution in [0, 0.1) is 11.8 Å². The summed E-state index contributed by atoms with van der Waals surface area (Å²) in [6.07, 6.45) is -0.101. The summed E-state index contributed by atoms with van der Waals surface area (Å²) in [5.41, 5.74) is -1.06. The quantitative estimate of drug-likeness (QED) is 0.620. The average molecular weight is 332 g/mol. The van der Waals surface area contributed by atoms with Crippen LogP contribution in [0.5, 0.6) is 0 Å². The van der Waals surface area contributed by atoms with E-state index in [0.29, 0.717) is 0 Å². The maximum Gasteiger partial charge on any atom is 0.316 e. The lowest BCUT2D eigenvalue weighted by Crippen LogP contribution is -2.47. The van der Waals surface area contributed by atoms with E-state index in [1.807, 2.05) is 0 Å². The molecular weight excluding hydrogens is 303 g/mol. The van der Waals surface area contributed by atoms with Crippen LogP contribution in [0.2, 0.25) is 0 Å². The van der Waals surface area contributed by atoms with Crippen LogP contribution in [0.15, 0.2) is 0 Å². The summed E-state index contributed by atoms with van der Waals surface area (Å²) in [5, 5.41) is 14.5. The number of carbonyl (C=O) groups is 3. The lowest BCUT2D eigenvalue weighted by atomic mass is 9.93. The number of amides is 2. The molecule has 0 saturated carbocycles. The molecule has 0 aromatic rings. The molecule has 2 atom stereocenters. The van der Waals surface area contributed by atoms with Gasteiger partial charge in [0, 0.05) is 11.1 Å². The Morgan fingerprint density at radius 3 is 1.70 bits per heavy atom. The number of carbonyl (C=O) groups excluding carboxylic acids is 2. The molecule has 6 nitrogen and oxygen atoms in total. The van der Waals surface area contributed by atoms with Crippen molar-refractivity contribution in [2.75, 3.05) is 6.67 Å². The fourth-order valence-electron chi connectivity index (χ4n) is 1.94. The highest BCUT2D eigenvalue weighted by Gasteiger charge is 2.31. The lowest BCUT2D eigenvalue weighted by Gasteiger charge is -2.25. The Morgan fingerprint density at radius 2 is 1.35 bits per heavy atom. The van der Waals surface area contributed by atoms with Gasteiger partial charge in [0.1, 0.15) is 12.6 Å². The molecular formula is C16H29FN2O4. The van der Waals surface area contributed by atoms with E-state index >= 15 is 0 Å². The Labute approximate surface area is 137 Å². The van der Waals surface area contributed by atoms with Crippen molar-refractivity contribution in [3.8, 4) is 0 Å². The van der Waals surface area contributed by atoms with E-state index in [0.717, 1.165) is 0 Å². The first kappa shape index (κ1) is 21.3. The number of alkyl halides is 1. The number of nitrogens with one attached hydrogen (secondary N) is 2. The highest BCUT2D eigenvalue weighted by atomic mass is 19.1. The van der Waals surface area contributed by atoms with Crippen LogP contribution in [-0.2, 0) is 14.4 Å². The summed E-state index contributed by atoms with van der Waals surface area (Å²) < 4.78 is 13.1. The molecule has 0 spiro atoms. The van der Waals surface area contributed by atoms with Gasteiger partial charge in [0.2, 0.25) is 11.8 Å². The zero-order valence-electron chi connectivity index (χ0n) is 14.8. The summed E-state index contributed by atoms with van der Waals surface area (Å²) in [6.45, 7) is 9.65. The van der Waals surface area contributed by atoms with E-state index < -0.39 is 47.4 Å². The second kappa shape index (κ2) is 8.26. The van der Waals surface area contributed by atoms with Gasteiger partial charge in [-0.1, -0.05) is 0 Å². The van der Waals surface area contributed by atoms with Gasteiger partial charge in [-0.15, -0.1) is 0 Å². The fourth-order valence-corrected chi connectivity index (χ4v) is 1.94. The molecule has 2 unspecified atom stereocenters. The van der Waals surface area contributed by atoms with E-state index in [2.05, 4.69) is 10.6 Å². The number of hydrogen-bond donors (Lipinski definition) is 3. The van der Waals surface area contributed by atoms with E-state index in [1.165, 1.54) is 0 Å². The van der Waals surface area contributed by atoms with E-state index in [-0.39, 0.29) is 12.8 Å². The molecule has 134 valence electrons. The Kier molecular flexibility index (Phi) is 7.67. The number of aliphatic carboxylic acids is 1. The summed E-state index contributed by atoms with van der Waals surface area (Å²) in [7, 11) is 0. The summed E-state index contributed by atoms with van der Waals surface area (Å²) in [6, 6.07) is 0. The smallest absolute Gasteiger partial charge is 0.316 e. The largest absolute Gasteiger partial charge is 0.481 e. The number of hydrogen-bond acceptors (Lipinski definition) is 3. The Morgan fingerprint density at radius 1 is 0.913 bits per heavy atom. The molecule has 7 heteroatoms. The highest BCUT2D eigenvalue weighted by molar-refractivity contribution is 5.97. The van der Waals surface area contributed by atoms with Gasteiger partial charge in [0.25, 0.3) is 0 Å². The normalized spacial score (nSPS) is 14.7. The van der Waals surface area contributed by atoms with Crippen LogP contribution < -0.4 is 10.6 Å². The van der Waals surface area contributed by atoms with Gasteiger partial charge in [-0.2, -0.15) is 0 Å². The first-order valence-corrected chi connectivity index (χ1v) is 7.69. The average Bonchev–Trinajstić information content (AvgIpc) is 2.29. The van der Waals surface area contributed by atoms with Gasteiger partial charge in [-0.25, -0.2) is 0 Å². The fraction of sp³-hybridized carbons (Fsp3) is 0.812. The van der Waals surface area contributed by atoms with Crippen molar-refractivity contribution in [3.05, 3.63) is 0 Å². The van der Waals surface area contributed by atoms with Gasteiger partial charge < -0.3 is 15.7 Å². The standard InChI is InChI=1S/C16H29FN2O4/c1-15(2,3)18-12(20)10(9-17)7-8-11(14(22)23)13(21)19-16(4,5)6/h10-11H,7-9H2,1-6H3,(H,18,20)(H,19,21)(H,22,23). The van der Waals surface area contributed by atoms with Gasteiger partial charge in [-0.05, 0) is 54.4 Å². The van der Waals surface area contributed by atoms with E-state index in [1.54, 1.807) is 41.5 Å². The minimum Gasteiger partial charge on any atom is -0.481 e. The number of halogens is 1. The predicted octanol–water partition coefficient (Wildman–Crippen LogP) is 1.88. The van der Waals surface area contributed by atoms with Crippen molar-refractivity contribution in [2.24, 2.45) is 11.8 Å². The minimum atomic E-state index is -1.30. The molecule has 0 bridgehead atoms. The van der Waals surface area contributed by atoms with Crippen LogP contribution in [0.4, 0.5) is 4.39 Å². The summed E-state index contributed by atoms with van der Waals surface area (Å²) in [4.78, 5) is 35.3. The van der Waals surface area contributed by atoms with Crippen molar-refractivity contribution in [3.63, 3.8) is 0 Å². The number of carboxylic acid groups (broad SMARTS) is 1. The van der Waals surface area contributed by atoms with Crippen LogP contribution >= 0.6 is 0 Å². The molecule has 2 amide bonds. The first-order valence-electron chi connectivity index (χ1n) is 7.69. The van der Waals surface area contributed by atoms with Crippen molar-refractivity contribution < 1.29 is 23.9 Å². The molecule has 0 heterocycles. The molecule has 0 aliphatic rings. The van der Waals surface area contributed by atoms with Crippen LogP contribution in [0.3, 0.4) is 0 Å². The molecule has 0 saturated heterocycles. The summed E-state index contributed by atoms with van der Waals surface area (Å²) >= 11 is 0. The van der Waals surface area contributed by atoms with Gasteiger partial charge >= 0.3 is 5.97 Å². The third-order valence-electron chi connectivity index (χ3n) is 2.97. The van der Waals surface area contributed by atoms with Gasteiger partial charge in [-0.3, -0.25) is 18.8 Å². The topological polar surface area (TPSA) is 95.5 Å². The zero-order chi connectivity index (χ0) is 18.4. The molecule has 0 aromatic carbocycles. The molecule has 0 aliphatic heterocycles. The monoisotopic (exact) mass is 332 g/mol. The molecule has 0 aromatic heterocycles. The van der Waals surface area contributed by atoms with Crippen molar-refractivity contribution in [1.82, 2.24) is 10.6 Å². The van der Waals surface area contributed by atoms with Crippen LogP contribution in [-0.4, -0.2) is 40.6 Å². The Hall–Kier alpha value is -1.66. The minimum absolute atomic E-state index is 0.00700. The molecule has 0 radical (unpaired) electrons. The Balaban J connectivity index is 4.81. The highest BCUT2D eigenvalue weighted by Crippen LogP contribution is 2.17. The molecule has 3 N–H and O–H groups in total. The van der Waals surface area contributed by atoms with Crippen molar-refractivity contribution in [1.29, 1.82) is 0 Å². The molecule has 0 aliphatic carbocycles. The van der Waals surface area contributed by atoms with E-state index in [4.69, 9.17) is 0 Å². The maximum absolute atomic E-state index is 13.1. The number of rotatable bonds is 7. The van der Waals surface area contributed by atoms with Crippen LogP contribution in [0.25, 0.3) is 0 Å². The van der Waals surface area contributed by atoms with E-state index in [9.17, 15) is 23.9 Å². The second-order valence-electron chi connectivity index (χ2n) is 7.80. The molecule has 0 fully saturated rings. The van der Waals surface area contributed by atoms with Gasteiger partial charge in [0.15, 0.2) is 0 Å². The molecule has 0 rings (SSSR count). The summed E-state index contributed by atoms with van der Waals surface area (Å²) in [5.74, 6) is -4.64. The maximum atomic E-state index is 13.1. The third-order valence-corrected chi connectivity index (χ3v) is 2.97. The first-order chi connectivity index (χ1) is 10.3. The second-order valence-corrected chi connectivity index (χ2v) is 7.80. The van der Waals surface area contributed by atoms with Crippen LogP contribution in [0.1, 0.15) is 54.4 Å². The molecule has 23 heavy (non-hydrogen) atoms. The zero-order valence-corrected chi connectivity index (χ0v) is 14.8. The van der Waals surface area contributed by atoms with Crippen molar-refractivity contribution in [2.45, 2.75) is 65.5 Å². The third kappa shape index (κ3) is 9.15. The number of carboxylic acids is 1. The Bertz CT molecular complexity index is 438. The lowest BCUT2D eigenvalue weighted by molar-refractivity contribution is -0.148. The predicted molar refractivity (Wildman–Crippen MR) is 85.6 cm³/mol. The SMILES string of the molecule is CC(C)(C)NC(=O)C(CF)CCC(C(=O)O)C(=O)NC(C)(C)C. The van der Waals surface area contributed by atoms with Crippen molar-refractivity contribution >= 4 is 17.8 Å². The van der Waals surface area contributed by atoms with Gasteiger partial charge in [0.05, 0.1) is 5.92 Å².